The Labute approximate surface area is 215 Å². The lowest BCUT2D eigenvalue weighted by molar-refractivity contribution is -0.120. The fourth-order valence-corrected chi connectivity index (χ4v) is 6.05. The number of carbonyl (C=O) groups is 1. The molecule has 0 N–H and O–H groups in total. The molecule has 1 aromatic carbocycles. The fraction of sp³-hybridized carbons (Fsp3) is 0.538. The summed E-state index contributed by atoms with van der Waals surface area (Å²) in [6, 6.07) is 9.93. The topological polar surface area (TPSA) is 83.8 Å². The lowest BCUT2D eigenvalue weighted by atomic mass is 10.0. The van der Waals surface area contributed by atoms with E-state index in [1.54, 1.807) is 11.7 Å². The lowest BCUT2D eigenvalue weighted by Gasteiger charge is -2.34. The highest BCUT2D eigenvalue weighted by atomic mass is 32.1. The summed E-state index contributed by atoms with van der Waals surface area (Å²) in [4.78, 5) is 43.6. The molecule has 0 saturated carbocycles. The summed E-state index contributed by atoms with van der Waals surface area (Å²) in [5.41, 5.74) is 1.42. The van der Waals surface area contributed by atoms with E-state index in [4.69, 9.17) is 14.7 Å². The molecule has 2 saturated heterocycles. The summed E-state index contributed by atoms with van der Waals surface area (Å²) in [6.07, 6.45) is 3.01. The highest BCUT2D eigenvalue weighted by Gasteiger charge is 2.33. The minimum absolute atomic E-state index is 0.139. The van der Waals surface area contributed by atoms with Gasteiger partial charge >= 0.3 is 0 Å². The number of hydrogen-bond donors (Lipinski definition) is 0. The van der Waals surface area contributed by atoms with E-state index >= 15 is 0 Å². The zero-order chi connectivity index (χ0) is 25.1. The van der Waals surface area contributed by atoms with Crippen molar-refractivity contribution in [2.75, 3.05) is 63.3 Å². The van der Waals surface area contributed by atoms with Gasteiger partial charge in [-0.15, -0.1) is 0 Å². The van der Waals surface area contributed by atoms with Crippen LogP contribution in [-0.4, -0.2) is 84.7 Å². The highest BCUT2D eigenvalue weighted by molar-refractivity contribution is 7.21. The number of ether oxygens (including phenoxy) is 1. The lowest BCUT2D eigenvalue weighted by Crippen LogP contribution is -2.47. The van der Waals surface area contributed by atoms with E-state index < -0.39 is 0 Å². The maximum Gasteiger partial charge on any atom is 0.282 e. The first-order valence-electron chi connectivity index (χ1n) is 12.7. The molecule has 2 aliphatic heterocycles. The first-order chi connectivity index (χ1) is 17.5. The monoisotopic (exact) mass is 510 g/mol. The average molecular weight is 511 g/mol. The summed E-state index contributed by atoms with van der Waals surface area (Å²) < 4.78 is 6.98. The smallest absolute Gasteiger partial charge is 0.282 e. The van der Waals surface area contributed by atoms with Gasteiger partial charge in [0, 0.05) is 46.3 Å². The molecule has 3 aromatic rings. The standard InChI is InChI=1S/C26H34N6O3S/c1-29-13-15-30(16-14-29)25-28-23-22(24(34)32(25)17-18-35-2)27-26(36-23)31-12-6-9-20(31)21(33)11-10-19-7-4-3-5-8-19/h3-5,7-8,20H,6,9-18H2,1-2H3/t20-/m1/s1. The van der Waals surface area contributed by atoms with Crippen molar-refractivity contribution in [2.24, 2.45) is 0 Å². The number of carbonyl (C=O) groups excluding carboxylic acids is 1. The van der Waals surface area contributed by atoms with E-state index in [-0.39, 0.29) is 17.4 Å². The van der Waals surface area contributed by atoms with Gasteiger partial charge in [-0.2, -0.15) is 0 Å². The van der Waals surface area contributed by atoms with Crippen LogP contribution in [0.5, 0.6) is 0 Å². The molecule has 0 radical (unpaired) electrons. The van der Waals surface area contributed by atoms with Crippen LogP contribution in [0.15, 0.2) is 35.1 Å². The SMILES string of the molecule is COCCn1c(N2CCN(C)CC2)nc2sc(N3CCC[C@@H]3C(=O)CCc3ccccc3)nc2c1=O. The zero-order valence-electron chi connectivity index (χ0n) is 21.1. The van der Waals surface area contributed by atoms with Crippen LogP contribution in [-0.2, 0) is 22.5 Å². The van der Waals surface area contributed by atoms with Crippen LogP contribution in [0.4, 0.5) is 11.1 Å². The van der Waals surface area contributed by atoms with E-state index in [2.05, 4.69) is 33.9 Å². The molecule has 0 spiro atoms. The number of anilines is 2. The molecule has 10 heteroatoms. The Hall–Kier alpha value is -2.82. The van der Waals surface area contributed by atoms with Crippen molar-refractivity contribution in [3.63, 3.8) is 0 Å². The Bertz CT molecular complexity index is 1250. The molecule has 2 fully saturated rings. The van der Waals surface area contributed by atoms with E-state index in [0.717, 1.165) is 57.1 Å². The van der Waals surface area contributed by atoms with Crippen molar-refractivity contribution in [1.29, 1.82) is 0 Å². The maximum absolute atomic E-state index is 13.6. The van der Waals surface area contributed by atoms with Crippen molar-refractivity contribution < 1.29 is 9.53 Å². The Kier molecular flexibility index (Phi) is 7.64. The quantitative estimate of drug-likeness (QED) is 0.434. The van der Waals surface area contributed by atoms with Crippen molar-refractivity contribution in [2.45, 2.75) is 38.3 Å². The van der Waals surface area contributed by atoms with Crippen molar-refractivity contribution >= 4 is 38.5 Å². The number of piperazine rings is 1. The third kappa shape index (κ3) is 5.16. The van der Waals surface area contributed by atoms with E-state index in [0.29, 0.717) is 35.9 Å². The molecule has 9 nitrogen and oxygen atoms in total. The molecule has 1 atom stereocenters. The Balaban J connectivity index is 1.42. The number of nitrogens with zero attached hydrogens (tertiary/aromatic N) is 6. The minimum atomic E-state index is -0.193. The number of Topliss-reactive ketones (excluding diaryl/α,β-unsaturated/α-hetero) is 1. The predicted octanol–water partition coefficient (Wildman–Crippen LogP) is 2.42. The van der Waals surface area contributed by atoms with Gasteiger partial charge < -0.3 is 19.4 Å². The highest BCUT2D eigenvalue weighted by Crippen LogP contribution is 2.33. The number of rotatable bonds is 9. The van der Waals surface area contributed by atoms with Crippen LogP contribution in [0.3, 0.4) is 0 Å². The largest absolute Gasteiger partial charge is 0.383 e. The molecule has 0 bridgehead atoms. The Morgan fingerprint density at radius 1 is 1.11 bits per heavy atom. The van der Waals surface area contributed by atoms with Gasteiger partial charge in [-0.05, 0) is 31.9 Å². The molecule has 0 unspecified atom stereocenters. The van der Waals surface area contributed by atoms with Gasteiger partial charge in [0.15, 0.2) is 21.3 Å². The van der Waals surface area contributed by atoms with Crippen molar-refractivity contribution in [3.8, 4) is 0 Å². The van der Waals surface area contributed by atoms with Gasteiger partial charge in [0.25, 0.3) is 5.56 Å². The number of benzene rings is 1. The van der Waals surface area contributed by atoms with E-state index in [1.807, 2.05) is 18.2 Å². The molecular formula is C26H34N6O3S. The summed E-state index contributed by atoms with van der Waals surface area (Å²) in [5.74, 6) is 0.920. The first kappa shape index (κ1) is 24.9. The normalized spacial score (nSPS) is 18.9. The van der Waals surface area contributed by atoms with Gasteiger partial charge in [0.05, 0.1) is 19.2 Å². The Morgan fingerprint density at radius 2 is 1.89 bits per heavy atom. The first-order valence-corrected chi connectivity index (χ1v) is 13.5. The average Bonchev–Trinajstić information content (AvgIpc) is 3.55. The van der Waals surface area contributed by atoms with Gasteiger partial charge in [-0.3, -0.25) is 14.2 Å². The molecule has 0 aliphatic carbocycles. The summed E-state index contributed by atoms with van der Waals surface area (Å²) in [6.45, 7) is 5.10. The van der Waals surface area contributed by atoms with Crippen LogP contribution in [0.25, 0.3) is 10.3 Å². The number of likely N-dealkylation sites (N-methyl/N-ethyl adjacent to an activating group) is 1. The van der Waals surface area contributed by atoms with Crippen LogP contribution in [0, 0.1) is 0 Å². The maximum atomic E-state index is 13.6. The number of methoxy groups -OCH3 is 1. The second kappa shape index (κ2) is 11.1. The number of fused-ring (bicyclic) bond motifs is 1. The van der Waals surface area contributed by atoms with Crippen LogP contribution < -0.4 is 15.4 Å². The number of aryl methyl sites for hydroxylation is 1. The molecule has 36 heavy (non-hydrogen) atoms. The van der Waals surface area contributed by atoms with Gasteiger partial charge in [0.1, 0.15) is 0 Å². The summed E-state index contributed by atoms with van der Waals surface area (Å²) >= 11 is 1.43. The van der Waals surface area contributed by atoms with Gasteiger partial charge in [0.2, 0.25) is 5.95 Å². The molecule has 2 aromatic heterocycles. The minimum Gasteiger partial charge on any atom is -0.383 e. The molecule has 5 rings (SSSR count). The number of hydrogen-bond acceptors (Lipinski definition) is 9. The van der Waals surface area contributed by atoms with Crippen LogP contribution in [0.2, 0.25) is 0 Å². The third-order valence-electron chi connectivity index (χ3n) is 7.17. The van der Waals surface area contributed by atoms with Crippen LogP contribution in [0.1, 0.15) is 24.8 Å². The third-order valence-corrected chi connectivity index (χ3v) is 8.15. The zero-order valence-corrected chi connectivity index (χ0v) is 21.9. The number of aromatic nitrogens is 3. The molecule has 4 heterocycles. The molecular weight excluding hydrogens is 476 g/mol. The van der Waals surface area contributed by atoms with Crippen LogP contribution >= 0.6 is 11.3 Å². The van der Waals surface area contributed by atoms with Crippen molar-refractivity contribution in [1.82, 2.24) is 19.4 Å². The fourth-order valence-electron chi connectivity index (χ4n) is 5.05. The predicted molar refractivity (Wildman–Crippen MR) is 143 cm³/mol. The van der Waals surface area contributed by atoms with Crippen molar-refractivity contribution in [3.05, 3.63) is 46.2 Å². The van der Waals surface area contributed by atoms with Gasteiger partial charge in [-0.1, -0.05) is 41.7 Å². The van der Waals surface area contributed by atoms with E-state index in [1.165, 1.54) is 16.9 Å². The second-order valence-electron chi connectivity index (χ2n) is 9.61. The molecule has 2 aliphatic rings. The van der Waals surface area contributed by atoms with Gasteiger partial charge in [-0.25, -0.2) is 9.97 Å². The molecule has 0 amide bonds. The summed E-state index contributed by atoms with van der Waals surface area (Å²) in [7, 11) is 3.74. The van der Waals surface area contributed by atoms with E-state index in [9.17, 15) is 9.59 Å². The number of thiazole rings is 1. The summed E-state index contributed by atoms with van der Waals surface area (Å²) in [5, 5.41) is 0.721. The molecule has 192 valence electrons. The second-order valence-corrected chi connectivity index (χ2v) is 10.6. The Morgan fingerprint density at radius 3 is 2.64 bits per heavy atom. The number of ketones is 1.